The third-order valence-corrected chi connectivity index (χ3v) is 5.14. The van der Waals surface area contributed by atoms with E-state index in [-0.39, 0.29) is 14.1 Å². The van der Waals surface area contributed by atoms with Crippen molar-refractivity contribution < 1.29 is 0 Å². The Morgan fingerprint density at radius 1 is 1.00 bits per heavy atom. The van der Waals surface area contributed by atoms with E-state index in [1.54, 1.807) is 12.8 Å². The molecule has 0 heterocycles. The second-order valence-electron chi connectivity index (χ2n) is 3.64. The van der Waals surface area contributed by atoms with Gasteiger partial charge in [0.05, 0.1) is 0 Å². The van der Waals surface area contributed by atoms with Gasteiger partial charge in [0.2, 0.25) is 0 Å². The molecule has 1 aliphatic rings. The van der Waals surface area contributed by atoms with Gasteiger partial charge in [-0.3, -0.25) is 0 Å². The van der Waals surface area contributed by atoms with Gasteiger partial charge >= 0.3 is 0 Å². The molecule has 1 rings (SSSR count). The van der Waals surface area contributed by atoms with Crippen molar-refractivity contribution >= 4 is 14.1 Å². The van der Waals surface area contributed by atoms with Crippen LogP contribution < -0.4 is 0 Å². The normalized spacial score (nSPS) is 22.0. The van der Waals surface area contributed by atoms with E-state index in [0.717, 1.165) is 0 Å². The van der Waals surface area contributed by atoms with Gasteiger partial charge in [0.1, 0.15) is 0 Å². The lowest BCUT2D eigenvalue weighted by Gasteiger charge is -2.22. The summed E-state index contributed by atoms with van der Waals surface area (Å²) in [5.41, 5.74) is 0. The first-order valence-corrected chi connectivity index (χ1v) is 7.28. The highest BCUT2D eigenvalue weighted by Crippen LogP contribution is 2.30. The molecule has 0 nitrogen and oxygen atoms in total. The van der Waals surface area contributed by atoms with Gasteiger partial charge in [0.25, 0.3) is 14.1 Å². The van der Waals surface area contributed by atoms with Crippen molar-refractivity contribution in [3.8, 4) is 0 Å². The van der Waals surface area contributed by atoms with Crippen LogP contribution in [0.5, 0.6) is 0 Å². The van der Waals surface area contributed by atoms with Crippen LogP contribution in [0.15, 0.2) is 0 Å². The summed E-state index contributed by atoms with van der Waals surface area (Å²) < 4.78 is 1.19. The first kappa shape index (κ1) is 7.64. The third-order valence-electron chi connectivity index (χ3n) is 2.59. The zero-order valence-corrected chi connectivity index (χ0v) is 7.84. The molecule has 0 amide bonds. The van der Waals surface area contributed by atoms with Crippen LogP contribution >= 0.6 is 0 Å². The molecule has 0 saturated heterocycles. The van der Waals surface area contributed by atoms with Crippen LogP contribution in [0, 0.1) is 0 Å². The average molecular weight is 140 g/mol. The third kappa shape index (κ3) is 2.32. The molecule has 0 bridgehead atoms. The topological polar surface area (TPSA) is 0 Å². The first-order chi connectivity index (χ1) is 4.30. The molecule has 0 N–H and O–H groups in total. The van der Waals surface area contributed by atoms with Crippen LogP contribution in [-0.2, 0) is 0 Å². The van der Waals surface area contributed by atoms with Crippen LogP contribution in [0.4, 0.5) is 0 Å². The minimum atomic E-state index is -0.252. The molecule has 0 aromatic rings. The molecule has 1 heteroatoms. The number of rotatable bonds is 1. The molecule has 1 aliphatic carbocycles. The predicted octanol–water partition coefficient (Wildman–Crippen LogP) is 3.08. The summed E-state index contributed by atoms with van der Waals surface area (Å²) in [5.74, 6) is 4.99. The summed E-state index contributed by atoms with van der Waals surface area (Å²) >= 11 is -0.252. The fourth-order valence-electron chi connectivity index (χ4n) is 1.80. The largest absolute Gasteiger partial charge is 0.258 e. The van der Waals surface area contributed by atoms with Crippen LogP contribution in [0.1, 0.15) is 32.1 Å². The van der Waals surface area contributed by atoms with Crippen molar-refractivity contribution in [1.82, 2.24) is 0 Å². The van der Waals surface area contributed by atoms with Gasteiger partial charge in [-0.2, -0.15) is 0 Å². The van der Waals surface area contributed by atoms with E-state index in [1.165, 1.54) is 24.0 Å². The molecule has 1 saturated carbocycles. The SMILES string of the molecule is [CH3][Al]([CH3])[CH]1CCCCC1. The lowest BCUT2D eigenvalue weighted by atomic mass is 10.0. The fraction of sp³-hybridized carbons (Fsp3) is 1.00. The second kappa shape index (κ2) is 3.64. The molecular formula is C8H17Al. The molecule has 0 unspecified atom stereocenters. The van der Waals surface area contributed by atoms with Gasteiger partial charge in [-0.25, -0.2) is 0 Å². The van der Waals surface area contributed by atoms with E-state index in [2.05, 4.69) is 11.6 Å². The standard InChI is InChI=1S/C6H11.2CH3.Al/c1-2-4-6-5-3-1;;;/h1H,2-6H2;2*1H3;. The maximum Gasteiger partial charge on any atom is 0.258 e. The summed E-state index contributed by atoms with van der Waals surface area (Å²) in [6, 6.07) is 0. The van der Waals surface area contributed by atoms with Gasteiger partial charge in [0, 0.05) is 0 Å². The molecule has 0 aromatic heterocycles. The lowest BCUT2D eigenvalue weighted by molar-refractivity contribution is 0.497. The molecule has 0 aromatic carbocycles. The molecule has 0 aliphatic heterocycles. The monoisotopic (exact) mass is 140 g/mol. The first-order valence-electron chi connectivity index (χ1n) is 4.30. The minimum Gasteiger partial charge on any atom is -0.106 e. The van der Waals surface area contributed by atoms with Crippen LogP contribution in [0.2, 0.25) is 16.4 Å². The predicted molar refractivity (Wildman–Crippen MR) is 44.3 cm³/mol. The van der Waals surface area contributed by atoms with Crippen molar-refractivity contribution in [2.24, 2.45) is 0 Å². The van der Waals surface area contributed by atoms with Gasteiger partial charge in [-0.1, -0.05) is 36.9 Å². The van der Waals surface area contributed by atoms with Crippen molar-refractivity contribution in [2.75, 3.05) is 0 Å². The van der Waals surface area contributed by atoms with Crippen LogP contribution in [-0.4, -0.2) is 14.1 Å². The van der Waals surface area contributed by atoms with Crippen molar-refractivity contribution in [3.63, 3.8) is 0 Å². The molecule has 9 heavy (non-hydrogen) atoms. The average Bonchev–Trinajstić information content (AvgIpc) is 1.90. The highest BCUT2D eigenvalue weighted by molar-refractivity contribution is 6.57. The Labute approximate surface area is 63.0 Å². The number of hydrogen-bond acceptors (Lipinski definition) is 0. The van der Waals surface area contributed by atoms with E-state index in [4.69, 9.17) is 0 Å². The highest BCUT2D eigenvalue weighted by Gasteiger charge is 2.19. The van der Waals surface area contributed by atoms with E-state index in [9.17, 15) is 0 Å². The lowest BCUT2D eigenvalue weighted by Crippen LogP contribution is -2.14. The molecular weight excluding hydrogens is 123 g/mol. The molecule has 0 atom stereocenters. The molecule has 0 spiro atoms. The summed E-state index contributed by atoms with van der Waals surface area (Å²) in [6.07, 6.45) is 7.68. The Balaban J connectivity index is 2.23. The minimum absolute atomic E-state index is 0.252. The van der Waals surface area contributed by atoms with Gasteiger partial charge in [-0.15, -0.1) is 11.6 Å². The summed E-state index contributed by atoms with van der Waals surface area (Å²) in [6.45, 7) is 0. The van der Waals surface area contributed by atoms with E-state index in [0.29, 0.717) is 0 Å². The Bertz CT molecular complexity index is 72.6. The summed E-state index contributed by atoms with van der Waals surface area (Å²) in [7, 11) is 0. The maximum atomic E-state index is 2.50. The maximum absolute atomic E-state index is 2.50. The highest BCUT2D eigenvalue weighted by atomic mass is 27.2. The van der Waals surface area contributed by atoms with Crippen LogP contribution in [0.25, 0.3) is 0 Å². The molecule has 52 valence electrons. The smallest absolute Gasteiger partial charge is 0.106 e. The Morgan fingerprint density at radius 3 is 1.89 bits per heavy atom. The second-order valence-corrected chi connectivity index (χ2v) is 7.07. The van der Waals surface area contributed by atoms with E-state index < -0.39 is 0 Å². The Hall–Kier alpha value is 0.532. The fourth-order valence-corrected chi connectivity index (χ4v) is 3.61. The van der Waals surface area contributed by atoms with Gasteiger partial charge in [-0.05, 0) is 0 Å². The zero-order valence-electron chi connectivity index (χ0n) is 6.69. The van der Waals surface area contributed by atoms with Crippen LogP contribution in [0.3, 0.4) is 0 Å². The Morgan fingerprint density at radius 2 is 1.56 bits per heavy atom. The Kier molecular flexibility index (Phi) is 3.09. The summed E-state index contributed by atoms with van der Waals surface area (Å²) in [5, 5.41) is 0. The molecule has 0 radical (unpaired) electrons. The molecule has 1 fully saturated rings. The zero-order chi connectivity index (χ0) is 6.69. The van der Waals surface area contributed by atoms with E-state index >= 15 is 0 Å². The van der Waals surface area contributed by atoms with Crippen molar-refractivity contribution in [2.45, 2.75) is 48.5 Å². The van der Waals surface area contributed by atoms with Crippen molar-refractivity contribution in [1.29, 1.82) is 0 Å². The number of hydrogen-bond donors (Lipinski definition) is 0. The quantitative estimate of drug-likeness (QED) is 0.491. The summed E-state index contributed by atoms with van der Waals surface area (Å²) in [4.78, 5) is 0. The van der Waals surface area contributed by atoms with E-state index in [1.807, 2.05) is 0 Å². The van der Waals surface area contributed by atoms with Gasteiger partial charge in [0.15, 0.2) is 0 Å². The van der Waals surface area contributed by atoms with Gasteiger partial charge < -0.3 is 0 Å². The van der Waals surface area contributed by atoms with Crippen molar-refractivity contribution in [3.05, 3.63) is 0 Å².